The predicted molar refractivity (Wildman–Crippen MR) is 93.4 cm³/mol. The molecule has 2 aromatic heterocycles. The molecule has 1 atom stereocenters. The molecular weight excluding hydrogens is 400 g/mol. The van der Waals surface area contributed by atoms with Crippen molar-refractivity contribution in [3.63, 3.8) is 0 Å². The molecule has 108 valence electrons. The Balaban J connectivity index is 2.21. The van der Waals surface area contributed by atoms with Crippen LogP contribution < -0.4 is 5.32 Å². The molecule has 2 nitrogen and oxygen atoms in total. The molecule has 20 heavy (non-hydrogen) atoms. The van der Waals surface area contributed by atoms with Gasteiger partial charge in [0.05, 0.1) is 3.79 Å². The molecule has 0 saturated heterocycles. The van der Waals surface area contributed by atoms with Crippen molar-refractivity contribution in [2.75, 3.05) is 6.54 Å². The third-order valence-corrected chi connectivity index (χ3v) is 6.53. The van der Waals surface area contributed by atoms with Crippen molar-refractivity contribution in [1.82, 2.24) is 10.3 Å². The lowest BCUT2D eigenvalue weighted by atomic mass is 10.1. The molecule has 0 aliphatic heterocycles. The minimum absolute atomic E-state index is 0.316. The van der Waals surface area contributed by atoms with E-state index in [1.807, 2.05) is 12.3 Å². The molecule has 0 aliphatic carbocycles. The quantitative estimate of drug-likeness (QED) is 0.693. The summed E-state index contributed by atoms with van der Waals surface area (Å²) in [5, 5.41) is 3.63. The van der Waals surface area contributed by atoms with Gasteiger partial charge in [-0.3, -0.25) is 4.98 Å². The van der Waals surface area contributed by atoms with Crippen molar-refractivity contribution < 1.29 is 0 Å². The van der Waals surface area contributed by atoms with E-state index in [0.717, 1.165) is 27.6 Å². The number of hydrogen-bond donors (Lipinski definition) is 1. The lowest BCUT2D eigenvalue weighted by Gasteiger charge is -2.17. The second kappa shape index (κ2) is 7.69. The van der Waals surface area contributed by atoms with Crippen molar-refractivity contribution in [3.05, 3.63) is 48.8 Å². The fraction of sp³-hybridized carbons (Fsp3) is 0.400. The lowest BCUT2D eigenvalue weighted by Crippen LogP contribution is -2.24. The van der Waals surface area contributed by atoms with E-state index in [1.165, 1.54) is 16.1 Å². The monoisotopic (exact) mass is 416 g/mol. The Morgan fingerprint density at radius 2 is 2.20 bits per heavy atom. The van der Waals surface area contributed by atoms with Crippen LogP contribution in [0.3, 0.4) is 0 Å². The van der Waals surface area contributed by atoms with E-state index < -0.39 is 0 Å². The van der Waals surface area contributed by atoms with Gasteiger partial charge in [-0.15, -0.1) is 11.3 Å². The Morgan fingerprint density at radius 3 is 2.80 bits per heavy atom. The molecule has 2 aromatic rings. The lowest BCUT2D eigenvalue weighted by molar-refractivity contribution is 0.530. The van der Waals surface area contributed by atoms with E-state index in [9.17, 15) is 0 Å². The highest BCUT2D eigenvalue weighted by Crippen LogP contribution is 2.36. The number of rotatable bonds is 6. The maximum absolute atomic E-state index is 4.52. The Bertz CT molecular complexity index is 549. The summed E-state index contributed by atoms with van der Waals surface area (Å²) in [6.07, 6.45) is 3.93. The number of halogens is 2. The number of nitrogens with one attached hydrogen (secondary N) is 1. The van der Waals surface area contributed by atoms with E-state index in [1.54, 1.807) is 11.3 Å². The molecule has 0 saturated carbocycles. The van der Waals surface area contributed by atoms with Crippen LogP contribution in [-0.4, -0.2) is 11.5 Å². The molecule has 0 aliphatic rings. The molecule has 1 N–H and O–H groups in total. The zero-order valence-corrected chi connectivity index (χ0v) is 15.6. The maximum Gasteiger partial charge on any atom is 0.0843 e. The maximum atomic E-state index is 4.52. The van der Waals surface area contributed by atoms with E-state index in [2.05, 4.69) is 68.1 Å². The highest BCUT2D eigenvalue weighted by atomic mass is 79.9. The van der Waals surface area contributed by atoms with Crippen LogP contribution in [0.15, 0.2) is 32.7 Å². The average molecular weight is 418 g/mol. The van der Waals surface area contributed by atoms with Crippen LogP contribution in [0, 0.1) is 6.92 Å². The summed E-state index contributed by atoms with van der Waals surface area (Å²) in [6.45, 7) is 5.33. The largest absolute Gasteiger partial charge is 0.309 e. The van der Waals surface area contributed by atoms with Gasteiger partial charge in [0.25, 0.3) is 0 Å². The van der Waals surface area contributed by atoms with E-state index in [0.29, 0.717) is 6.04 Å². The molecule has 0 radical (unpaired) electrons. The van der Waals surface area contributed by atoms with Crippen LogP contribution in [0.5, 0.6) is 0 Å². The molecule has 0 amide bonds. The highest BCUT2D eigenvalue weighted by Gasteiger charge is 2.17. The molecule has 2 heterocycles. The van der Waals surface area contributed by atoms with Crippen molar-refractivity contribution in [2.24, 2.45) is 0 Å². The fourth-order valence-electron chi connectivity index (χ4n) is 2.05. The van der Waals surface area contributed by atoms with Crippen molar-refractivity contribution in [1.29, 1.82) is 0 Å². The van der Waals surface area contributed by atoms with Gasteiger partial charge in [-0.05, 0) is 69.4 Å². The minimum Gasteiger partial charge on any atom is -0.309 e. The van der Waals surface area contributed by atoms with Crippen LogP contribution in [-0.2, 0) is 6.42 Å². The number of nitrogens with zero attached hydrogens (tertiary/aromatic N) is 1. The first-order chi connectivity index (χ1) is 9.61. The summed E-state index contributed by atoms with van der Waals surface area (Å²) in [6, 6.07) is 6.63. The molecule has 0 bridgehead atoms. The fourth-order valence-corrected chi connectivity index (χ4v) is 4.22. The van der Waals surface area contributed by atoms with Crippen molar-refractivity contribution in [2.45, 2.75) is 32.7 Å². The molecule has 0 aromatic carbocycles. The molecule has 0 spiro atoms. The average Bonchev–Trinajstić information content (AvgIpc) is 2.76. The van der Waals surface area contributed by atoms with Gasteiger partial charge in [0, 0.05) is 33.7 Å². The van der Waals surface area contributed by atoms with Crippen LogP contribution in [0.25, 0.3) is 0 Å². The number of thiophene rings is 1. The first kappa shape index (κ1) is 16.1. The smallest absolute Gasteiger partial charge is 0.0843 e. The predicted octanol–water partition coefficient (Wildman–Crippen LogP) is 5.26. The summed E-state index contributed by atoms with van der Waals surface area (Å²) in [5.41, 5.74) is 2.42. The van der Waals surface area contributed by atoms with Gasteiger partial charge in [-0.2, -0.15) is 0 Å². The molecule has 1 unspecified atom stereocenters. The van der Waals surface area contributed by atoms with Gasteiger partial charge in [0.1, 0.15) is 0 Å². The molecule has 2 rings (SSSR count). The number of hydrogen-bond acceptors (Lipinski definition) is 3. The minimum atomic E-state index is 0.316. The van der Waals surface area contributed by atoms with Crippen LogP contribution in [0.2, 0.25) is 0 Å². The van der Waals surface area contributed by atoms with Gasteiger partial charge in [-0.25, -0.2) is 0 Å². The first-order valence-electron chi connectivity index (χ1n) is 6.70. The third-order valence-electron chi connectivity index (χ3n) is 3.16. The van der Waals surface area contributed by atoms with Crippen LogP contribution >= 0.6 is 43.2 Å². The highest BCUT2D eigenvalue weighted by molar-refractivity contribution is 9.13. The first-order valence-corrected chi connectivity index (χ1v) is 9.10. The Kier molecular flexibility index (Phi) is 6.20. The van der Waals surface area contributed by atoms with Gasteiger partial charge in [-0.1, -0.05) is 13.0 Å². The Hall–Kier alpha value is -0.230. The second-order valence-electron chi connectivity index (χ2n) is 4.75. The normalized spacial score (nSPS) is 12.6. The summed E-state index contributed by atoms with van der Waals surface area (Å²) < 4.78 is 2.27. The van der Waals surface area contributed by atoms with Crippen molar-refractivity contribution >= 4 is 43.2 Å². The summed E-state index contributed by atoms with van der Waals surface area (Å²) >= 11 is 8.93. The van der Waals surface area contributed by atoms with E-state index in [4.69, 9.17) is 0 Å². The van der Waals surface area contributed by atoms with Crippen molar-refractivity contribution in [3.8, 4) is 0 Å². The van der Waals surface area contributed by atoms with Gasteiger partial charge < -0.3 is 5.32 Å². The van der Waals surface area contributed by atoms with Crippen LogP contribution in [0.1, 0.15) is 35.5 Å². The van der Waals surface area contributed by atoms with Crippen LogP contribution in [0.4, 0.5) is 0 Å². The molecule has 0 fully saturated rings. The summed E-state index contributed by atoms with van der Waals surface area (Å²) in [7, 11) is 0. The zero-order chi connectivity index (χ0) is 14.5. The third kappa shape index (κ3) is 4.13. The SMILES string of the molecule is CCCNC(Cc1ncccc1C)c1cc(Br)c(Br)s1. The number of aryl methyl sites for hydroxylation is 1. The van der Waals surface area contributed by atoms with Gasteiger partial charge >= 0.3 is 0 Å². The topological polar surface area (TPSA) is 24.9 Å². The number of pyridine rings is 1. The zero-order valence-electron chi connectivity index (χ0n) is 11.6. The second-order valence-corrected chi connectivity index (χ2v) is 8.00. The standard InChI is InChI=1S/C15H18Br2N2S/c1-3-6-18-13(14-8-11(16)15(17)20-14)9-12-10(2)5-4-7-19-12/h4-5,7-8,13,18H,3,6,9H2,1-2H3. The van der Waals surface area contributed by atoms with Gasteiger partial charge in [0.2, 0.25) is 0 Å². The Morgan fingerprint density at radius 1 is 1.40 bits per heavy atom. The van der Waals surface area contributed by atoms with E-state index in [-0.39, 0.29) is 0 Å². The summed E-state index contributed by atoms with van der Waals surface area (Å²) in [4.78, 5) is 5.86. The molecular formula is C15H18Br2N2S. The molecule has 5 heteroatoms. The van der Waals surface area contributed by atoms with E-state index >= 15 is 0 Å². The number of aromatic nitrogens is 1. The summed E-state index contributed by atoms with van der Waals surface area (Å²) in [5.74, 6) is 0. The Labute approximate surface area is 141 Å². The van der Waals surface area contributed by atoms with Gasteiger partial charge in [0.15, 0.2) is 0 Å².